The van der Waals surface area contributed by atoms with E-state index in [-0.39, 0.29) is 18.9 Å². The van der Waals surface area contributed by atoms with Gasteiger partial charge in [0.1, 0.15) is 5.60 Å². The lowest BCUT2D eigenvalue weighted by molar-refractivity contribution is -0.121. The van der Waals surface area contributed by atoms with Gasteiger partial charge in [-0.3, -0.25) is 9.89 Å². The highest BCUT2D eigenvalue weighted by Crippen LogP contribution is 2.23. The standard InChI is InChI=1S/C16H22N6O2/c1-11-13(12(2)21-20-11)8-14(23)19-9-16(24)4-7-22(10-16)15-17-5-3-6-18-15/h3,5-6,24H,4,7-10H2,1-2H3,(H,19,23)(H,20,21)/t16-/m1/s1. The first-order valence-corrected chi connectivity index (χ1v) is 7.98. The Labute approximate surface area is 140 Å². The first-order chi connectivity index (χ1) is 11.5. The van der Waals surface area contributed by atoms with Gasteiger partial charge in [-0.05, 0) is 26.3 Å². The predicted molar refractivity (Wildman–Crippen MR) is 88.6 cm³/mol. The Balaban J connectivity index is 1.54. The van der Waals surface area contributed by atoms with Crippen LogP contribution in [0.3, 0.4) is 0 Å². The van der Waals surface area contributed by atoms with Gasteiger partial charge in [-0.15, -0.1) is 0 Å². The zero-order valence-corrected chi connectivity index (χ0v) is 13.9. The third kappa shape index (κ3) is 3.53. The van der Waals surface area contributed by atoms with Crippen molar-refractivity contribution >= 4 is 11.9 Å². The largest absolute Gasteiger partial charge is 0.386 e. The molecule has 2 aromatic rings. The average Bonchev–Trinajstić information content (AvgIpc) is 3.12. The van der Waals surface area contributed by atoms with E-state index in [1.54, 1.807) is 18.5 Å². The molecule has 3 rings (SSSR count). The summed E-state index contributed by atoms with van der Waals surface area (Å²) in [5.74, 6) is 0.481. The summed E-state index contributed by atoms with van der Waals surface area (Å²) in [7, 11) is 0. The molecule has 3 N–H and O–H groups in total. The number of aromatic nitrogens is 4. The molecule has 0 radical (unpaired) electrons. The van der Waals surface area contributed by atoms with Crippen molar-refractivity contribution in [3.63, 3.8) is 0 Å². The third-order valence-electron chi connectivity index (χ3n) is 4.40. The first kappa shape index (κ1) is 16.4. The maximum Gasteiger partial charge on any atom is 0.225 e. The normalized spacial score (nSPS) is 20.4. The summed E-state index contributed by atoms with van der Waals surface area (Å²) in [5, 5.41) is 20.5. The molecule has 1 amide bonds. The molecule has 8 heteroatoms. The second-order valence-corrected chi connectivity index (χ2v) is 6.31. The molecule has 0 bridgehead atoms. The molecule has 1 aliphatic heterocycles. The van der Waals surface area contributed by atoms with Crippen LogP contribution in [0, 0.1) is 13.8 Å². The predicted octanol–water partition coefficient (Wildman–Crippen LogP) is 0.117. The number of carbonyl (C=O) groups is 1. The van der Waals surface area contributed by atoms with E-state index in [0.717, 1.165) is 17.0 Å². The van der Waals surface area contributed by atoms with Crippen LogP contribution in [0.5, 0.6) is 0 Å². The number of H-pyrrole nitrogens is 1. The van der Waals surface area contributed by atoms with Crippen molar-refractivity contribution in [3.8, 4) is 0 Å². The zero-order valence-electron chi connectivity index (χ0n) is 13.9. The summed E-state index contributed by atoms with van der Waals surface area (Å²) in [4.78, 5) is 22.5. The Morgan fingerprint density at radius 1 is 1.42 bits per heavy atom. The SMILES string of the molecule is Cc1n[nH]c(C)c1CC(=O)NC[C@]1(O)CCN(c2ncccn2)C1. The number of β-amino-alcohol motifs (C(OH)–C–C–N with tert-alkyl or cyclic N) is 1. The molecule has 1 atom stereocenters. The number of carbonyl (C=O) groups excluding carboxylic acids is 1. The molecule has 1 fully saturated rings. The van der Waals surface area contributed by atoms with Gasteiger partial charge < -0.3 is 15.3 Å². The Kier molecular flexibility index (Phi) is 4.48. The van der Waals surface area contributed by atoms with Crippen molar-refractivity contribution in [2.24, 2.45) is 0 Å². The van der Waals surface area contributed by atoms with Crippen molar-refractivity contribution in [2.45, 2.75) is 32.3 Å². The molecule has 128 valence electrons. The molecule has 24 heavy (non-hydrogen) atoms. The van der Waals surface area contributed by atoms with Crippen LogP contribution in [0.1, 0.15) is 23.4 Å². The Morgan fingerprint density at radius 3 is 2.83 bits per heavy atom. The van der Waals surface area contributed by atoms with Gasteiger partial charge in [0.25, 0.3) is 0 Å². The second-order valence-electron chi connectivity index (χ2n) is 6.31. The highest BCUT2D eigenvalue weighted by atomic mass is 16.3. The molecule has 0 saturated carbocycles. The number of anilines is 1. The van der Waals surface area contributed by atoms with E-state index in [2.05, 4.69) is 25.5 Å². The number of nitrogens with one attached hydrogen (secondary N) is 2. The summed E-state index contributed by atoms with van der Waals surface area (Å²) in [6, 6.07) is 1.76. The number of nitrogens with zero attached hydrogens (tertiary/aromatic N) is 4. The number of aliphatic hydroxyl groups is 1. The fourth-order valence-electron chi connectivity index (χ4n) is 2.95. The molecule has 2 aromatic heterocycles. The van der Waals surface area contributed by atoms with Gasteiger partial charge in [-0.25, -0.2) is 9.97 Å². The van der Waals surface area contributed by atoms with Gasteiger partial charge in [-0.1, -0.05) is 0 Å². The second kappa shape index (κ2) is 6.56. The van der Waals surface area contributed by atoms with Crippen LogP contribution >= 0.6 is 0 Å². The fourth-order valence-corrected chi connectivity index (χ4v) is 2.95. The van der Waals surface area contributed by atoms with Crippen molar-refractivity contribution in [1.29, 1.82) is 0 Å². The summed E-state index contributed by atoms with van der Waals surface area (Å²) in [5.41, 5.74) is 1.67. The van der Waals surface area contributed by atoms with Crippen molar-refractivity contribution in [2.75, 3.05) is 24.5 Å². The van der Waals surface area contributed by atoms with Crippen LogP contribution in [-0.2, 0) is 11.2 Å². The molecule has 3 heterocycles. The molecule has 1 saturated heterocycles. The van der Waals surface area contributed by atoms with E-state index in [0.29, 0.717) is 25.5 Å². The molecule has 0 unspecified atom stereocenters. The minimum Gasteiger partial charge on any atom is -0.386 e. The number of hydrogen-bond donors (Lipinski definition) is 3. The van der Waals surface area contributed by atoms with Gasteiger partial charge in [0.2, 0.25) is 11.9 Å². The van der Waals surface area contributed by atoms with E-state index in [4.69, 9.17) is 0 Å². The topological polar surface area (TPSA) is 107 Å². The van der Waals surface area contributed by atoms with Gasteiger partial charge in [0.15, 0.2) is 0 Å². The molecule has 0 spiro atoms. The summed E-state index contributed by atoms with van der Waals surface area (Å²) in [6.07, 6.45) is 4.18. The minimum absolute atomic E-state index is 0.120. The van der Waals surface area contributed by atoms with Gasteiger partial charge in [-0.2, -0.15) is 5.10 Å². The summed E-state index contributed by atoms with van der Waals surface area (Å²) < 4.78 is 0. The van der Waals surface area contributed by atoms with Crippen LogP contribution in [0.25, 0.3) is 0 Å². The van der Waals surface area contributed by atoms with E-state index in [1.807, 2.05) is 18.7 Å². The van der Waals surface area contributed by atoms with E-state index in [9.17, 15) is 9.90 Å². The first-order valence-electron chi connectivity index (χ1n) is 7.98. The lowest BCUT2D eigenvalue weighted by Gasteiger charge is -2.23. The van der Waals surface area contributed by atoms with Crippen molar-refractivity contribution in [1.82, 2.24) is 25.5 Å². The molecule has 8 nitrogen and oxygen atoms in total. The lowest BCUT2D eigenvalue weighted by Crippen LogP contribution is -2.45. The molecule has 0 aromatic carbocycles. The van der Waals surface area contributed by atoms with Gasteiger partial charge in [0.05, 0.1) is 18.7 Å². The Bertz CT molecular complexity index is 697. The Hall–Kier alpha value is -2.48. The van der Waals surface area contributed by atoms with Crippen molar-refractivity contribution in [3.05, 3.63) is 35.4 Å². The Morgan fingerprint density at radius 2 is 2.17 bits per heavy atom. The third-order valence-corrected chi connectivity index (χ3v) is 4.40. The van der Waals surface area contributed by atoms with Crippen LogP contribution in [0.15, 0.2) is 18.5 Å². The van der Waals surface area contributed by atoms with E-state index in [1.165, 1.54) is 0 Å². The van der Waals surface area contributed by atoms with E-state index < -0.39 is 5.60 Å². The molecular weight excluding hydrogens is 308 g/mol. The smallest absolute Gasteiger partial charge is 0.225 e. The monoisotopic (exact) mass is 330 g/mol. The highest BCUT2D eigenvalue weighted by molar-refractivity contribution is 5.79. The maximum atomic E-state index is 12.2. The van der Waals surface area contributed by atoms with Crippen LogP contribution in [0.4, 0.5) is 5.95 Å². The molecular formula is C16H22N6O2. The number of hydrogen-bond acceptors (Lipinski definition) is 6. The van der Waals surface area contributed by atoms with Gasteiger partial charge >= 0.3 is 0 Å². The zero-order chi connectivity index (χ0) is 17.2. The molecule has 0 aliphatic carbocycles. The molecule has 1 aliphatic rings. The van der Waals surface area contributed by atoms with Gasteiger partial charge in [0, 0.05) is 36.7 Å². The number of amides is 1. The maximum absolute atomic E-state index is 12.2. The van der Waals surface area contributed by atoms with Crippen molar-refractivity contribution < 1.29 is 9.90 Å². The summed E-state index contributed by atoms with van der Waals surface area (Å²) >= 11 is 0. The van der Waals surface area contributed by atoms with Crippen LogP contribution in [-0.4, -0.2) is 56.4 Å². The minimum atomic E-state index is -0.963. The van der Waals surface area contributed by atoms with Crippen LogP contribution < -0.4 is 10.2 Å². The quantitative estimate of drug-likeness (QED) is 0.719. The number of aryl methyl sites for hydroxylation is 2. The van der Waals surface area contributed by atoms with Crippen LogP contribution in [0.2, 0.25) is 0 Å². The number of rotatable bonds is 5. The summed E-state index contributed by atoms with van der Waals surface area (Å²) in [6.45, 7) is 5.04. The number of aromatic amines is 1. The lowest BCUT2D eigenvalue weighted by atomic mass is 10.0. The average molecular weight is 330 g/mol. The fraction of sp³-hybridized carbons (Fsp3) is 0.500. The highest BCUT2D eigenvalue weighted by Gasteiger charge is 2.37. The van der Waals surface area contributed by atoms with E-state index >= 15 is 0 Å².